The van der Waals surface area contributed by atoms with Gasteiger partial charge in [-0.3, -0.25) is 14.2 Å². The fraction of sp³-hybridized carbons (Fsp3) is 0.632. The van der Waals surface area contributed by atoms with Crippen molar-refractivity contribution in [2.75, 3.05) is 0 Å². The van der Waals surface area contributed by atoms with Crippen LogP contribution in [0.1, 0.15) is 74.6 Å². The number of hydrogen-bond donors (Lipinski definition) is 1. The largest absolute Gasteiger partial charge is 0.481 e. The number of hydrogen-bond acceptors (Lipinski definition) is 4. The molecule has 1 unspecified atom stereocenters. The van der Waals surface area contributed by atoms with Crippen molar-refractivity contribution in [3.05, 3.63) is 27.1 Å². The van der Waals surface area contributed by atoms with Gasteiger partial charge in [-0.2, -0.15) is 0 Å². The Balaban J connectivity index is 1.71. The van der Waals surface area contributed by atoms with E-state index in [-0.39, 0.29) is 5.56 Å². The maximum atomic E-state index is 12.9. The van der Waals surface area contributed by atoms with Gasteiger partial charge in [0.2, 0.25) is 0 Å². The quantitative estimate of drug-likeness (QED) is 0.674. The highest BCUT2D eigenvalue weighted by Crippen LogP contribution is 2.41. The van der Waals surface area contributed by atoms with E-state index in [1.54, 1.807) is 10.9 Å². The molecule has 2 aromatic rings. The third-order valence-corrected chi connectivity index (χ3v) is 6.28. The summed E-state index contributed by atoms with van der Waals surface area (Å²) in [6, 6.07) is 0. The SMILES string of the molecule is CCCCCCCCCn1cnc2sc3c(c2c1=O)C(C(=O)O)CC3. The molecule has 0 bridgehead atoms. The van der Waals surface area contributed by atoms with Gasteiger partial charge in [-0.1, -0.05) is 45.4 Å². The van der Waals surface area contributed by atoms with Crippen LogP contribution >= 0.6 is 11.3 Å². The highest BCUT2D eigenvalue weighted by atomic mass is 32.1. The Hall–Kier alpha value is -1.69. The van der Waals surface area contributed by atoms with Crippen LogP contribution in [0.25, 0.3) is 10.2 Å². The molecule has 0 amide bonds. The van der Waals surface area contributed by atoms with E-state index in [4.69, 9.17) is 0 Å². The summed E-state index contributed by atoms with van der Waals surface area (Å²) < 4.78 is 1.67. The number of fused-ring (bicyclic) bond motifs is 3. The van der Waals surface area contributed by atoms with E-state index in [1.165, 1.54) is 43.4 Å². The van der Waals surface area contributed by atoms with E-state index in [0.29, 0.717) is 23.2 Å². The Morgan fingerprint density at radius 3 is 2.72 bits per heavy atom. The number of aromatic nitrogens is 2. The summed E-state index contributed by atoms with van der Waals surface area (Å²) >= 11 is 1.48. The van der Waals surface area contributed by atoms with Crippen molar-refractivity contribution >= 4 is 27.5 Å². The van der Waals surface area contributed by atoms with Crippen molar-refractivity contribution in [1.82, 2.24) is 9.55 Å². The maximum absolute atomic E-state index is 12.9. The maximum Gasteiger partial charge on any atom is 0.311 e. The molecule has 0 radical (unpaired) electrons. The third kappa shape index (κ3) is 3.78. The summed E-state index contributed by atoms with van der Waals surface area (Å²) in [6.07, 6.45) is 11.4. The monoisotopic (exact) mass is 362 g/mol. The molecule has 3 rings (SSSR count). The van der Waals surface area contributed by atoms with Gasteiger partial charge in [0.15, 0.2) is 0 Å². The van der Waals surface area contributed by atoms with Gasteiger partial charge in [0.05, 0.1) is 17.6 Å². The first-order valence-corrected chi connectivity index (χ1v) is 10.2. The van der Waals surface area contributed by atoms with E-state index < -0.39 is 11.9 Å². The van der Waals surface area contributed by atoms with Gasteiger partial charge in [-0.05, 0) is 24.8 Å². The van der Waals surface area contributed by atoms with Gasteiger partial charge in [0, 0.05) is 11.4 Å². The number of unbranched alkanes of at least 4 members (excludes halogenated alkanes) is 6. The molecule has 136 valence electrons. The Labute approximate surface area is 151 Å². The van der Waals surface area contributed by atoms with Crippen LogP contribution in [0, 0.1) is 0 Å². The molecule has 0 aromatic carbocycles. The van der Waals surface area contributed by atoms with Crippen LogP contribution in [0.3, 0.4) is 0 Å². The van der Waals surface area contributed by atoms with Gasteiger partial charge in [-0.15, -0.1) is 11.3 Å². The predicted molar refractivity (Wildman–Crippen MR) is 101 cm³/mol. The minimum atomic E-state index is -0.833. The standard InChI is InChI=1S/C19H26N2O3S/c1-2-3-4-5-6-7-8-11-21-12-20-17-16(18(21)22)15-13(19(23)24)9-10-14(15)25-17/h12-13H,2-11H2,1H3,(H,23,24). The number of rotatable bonds is 9. The third-order valence-electron chi connectivity index (χ3n) is 5.10. The zero-order valence-electron chi connectivity index (χ0n) is 14.8. The zero-order chi connectivity index (χ0) is 17.8. The number of carbonyl (C=O) groups is 1. The fourth-order valence-electron chi connectivity index (χ4n) is 3.71. The fourth-order valence-corrected chi connectivity index (χ4v) is 4.92. The van der Waals surface area contributed by atoms with E-state index in [9.17, 15) is 14.7 Å². The normalized spacial score (nSPS) is 16.4. The summed E-state index contributed by atoms with van der Waals surface area (Å²) in [4.78, 5) is 30.5. The van der Waals surface area contributed by atoms with Crippen molar-refractivity contribution < 1.29 is 9.90 Å². The minimum absolute atomic E-state index is 0.0679. The molecule has 2 heterocycles. The first kappa shape index (κ1) is 18.1. The van der Waals surface area contributed by atoms with Crippen molar-refractivity contribution in [1.29, 1.82) is 0 Å². The molecule has 1 N–H and O–H groups in total. The van der Waals surface area contributed by atoms with Gasteiger partial charge in [-0.25, -0.2) is 4.98 Å². The first-order valence-electron chi connectivity index (χ1n) is 9.37. The lowest BCUT2D eigenvalue weighted by molar-refractivity contribution is -0.138. The molecule has 0 saturated carbocycles. The van der Waals surface area contributed by atoms with Crippen molar-refractivity contribution in [2.24, 2.45) is 0 Å². The second kappa shape index (κ2) is 8.13. The lowest BCUT2D eigenvalue weighted by Gasteiger charge is -2.08. The van der Waals surface area contributed by atoms with Gasteiger partial charge >= 0.3 is 5.97 Å². The summed E-state index contributed by atoms with van der Waals surface area (Å²) in [5.41, 5.74) is 0.667. The van der Waals surface area contributed by atoms with Crippen LogP contribution in [0.2, 0.25) is 0 Å². The summed E-state index contributed by atoms with van der Waals surface area (Å²) in [6.45, 7) is 2.88. The number of aliphatic carboxylic acids is 1. The molecule has 0 fully saturated rings. The van der Waals surface area contributed by atoms with E-state index in [1.807, 2.05) is 0 Å². The Morgan fingerprint density at radius 1 is 1.28 bits per heavy atom. The van der Waals surface area contributed by atoms with Gasteiger partial charge in [0.25, 0.3) is 5.56 Å². The highest BCUT2D eigenvalue weighted by Gasteiger charge is 2.34. The predicted octanol–water partition coefficient (Wildman–Crippen LogP) is 4.32. The number of nitrogens with zero attached hydrogens (tertiary/aromatic N) is 2. The molecule has 0 saturated heterocycles. The number of carboxylic acids is 1. The Kier molecular flexibility index (Phi) is 5.89. The molecule has 0 aliphatic heterocycles. The molecule has 25 heavy (non-hydrogen) atoms. The summed E-state index contributed by atoms with van der Waals surface area (Å²) in [5, 5.41) is 9.99. The van der Waals surface area contributed by atoms with Crippen molar-refractivity contribution in [3.63, 3.8) is 0 Å². The van der Waals surface area contributed by atoms with Gasteiger partial charge < -0.3 is 5.11 Å². The average molecular weight is 362 g/mol. The molecule has 1 atom stereocenters. The van der Waals surface area contributed by atoms with Crippen LogP contribution in [0.4, 0.5) is 0 Å². The first-order chi connectivity index (χ1) is 12.1. The molecule has 1 aliphatic carbocycles. The molecular formula is C19H26N2O3S. The minimum Gasteiger partial charge on any atom is -0.481 e. The van der Waals surface area contributed by atoms with Crippen LogP contribution in [0.15, 0.2) is 11.1 Å². The summed E-state index contributed by atoms with van der Waals surface area (Å²) in [5.74, 6) is -1.38. The molecule has 2 aromatic heterocycles. The molecular weight excluding hydrogens is 336 g/mol. The lowest BCUT2D eigenvalue weighted by Crippen LogP contribution is -2.22. The number of thiophene rings is 1. The second-order valence-electron chi connectivity index (χ2n) is 6.91. The molecule has 5 nitrogen and oxygen atoms in total. The van der Waals surface area contributed by atoms with Crippen LogP contribution in [-0.4, -0.2) is 20.6 Å². The lowest BCUT2D eigenvalue weighted by atomic mass is 10.0. The average Bonchev–Trinajstić information content (AvgIpc) is 3.14. The van der Waals surface area contributed by atoms with Crippen molar-refractivity contribution in [2.45, 2.75) is 77.2 Å². The topological polar surface area (TPSA) is 72.2 Å². The van der Waals surface area contributed by atoms with E-state index >= 15 is 0 Å². The van der Waals surface area contributed by atoms with E-state index in [2.05, 4.69) is 11.9 Å². The van der Waals surface area contributed by atoms with Crippen LogP contribution in [-0.2, 0) is 17.8 Å². The smallest absolute Gasteiger partial charge is 0.311 e. The molecule has 1 aliphatic rings. The second-order valence-corrected chi connectivity index (χ2v) is 8.00. The van der Waals surface area contributed by atoms with E-state index in [0.717, 1.165) is 29.7 Å². The summed E-state index contributed by atoms with van der Waals surface area (Å²) in [7, 11) is 0. The zero-order valence-corrected chi connectivity index (χ0v) is 15.6. The van der Waals surface area contributed by atoms with Gasteiger partial charge in [0.1, 0.15) is 4.83 Å². The van der Waals surface area contributed by atoms with Crippen LogP contribution < -0.4 is 5.56 Å². The highest BCUT2D eigenvalue weighted by molar-refractivity contribution is 7.18. The molecule has 0 spiro atoms. The number of aryl methyl sites for hydroxylation is 2. The Bertz CT molecular complexity index is 809. The van der Waals surface area contributed by atoms with Crippen molar-refractivity contribution in [3.8, 4) is 0 Å². The molecule has 6 heteroatoms. The van der Waals surface area contributed by atoms with Crippen LogP contribution in [0.5, 0.6) is 0 Å². The Morgan fingerprint density at radius 2 is 2.00 bits per heavy atom. The number of carboxylic acid groups (broad SMARTS) is 1.